The average Bonchev–Trinajstić information content (AvgIpc) is 2.71. The number of hydrogen-bond donors (Lipinski definition) is 4. The van der Waals surface area contributed by atoms with E-state index in [4.69, 9.17) is 9.47 Å². The van der Waals surface area contributed by atoms with Gasteiger partial charge >= 0.3 is 0 Å². The van der Waals surface area contributed by atoms with Gasteiger partial charge in [-0.1, -0.05) is 19.3 Å². The van der Waals surface area contributed by atoms with Crippen molar-refractivity contribution in [3.63, 3.8) is 0 Å². The van der Waals surface area contributed by atoms with Gasteiger partial charge in [-0.3, -0.25) is 4.79 Å². The smallest absolute Gasteiger partial charge is 0.245 e. The standard InChI is InChI=1S/C20H30N2O5/c1-26-15-7-5-14(6-8-15)22-20(10-3-2-4-11-20)19(25)21-16-9-12-27-17(13-23)18(16)24/h5-8,16-18,22-24H,2-4,9-13H2,1H3,(H,21,25)/t16-,17+,18-/m0/s1. The first-order valence-electron chi connectivity index (χ1n) is 9.72. The molecule has 7 heteroatoms. The van der Waals surface area contributed by atoms with Gasteiger partial charge in [0.15, 0.2) is 0 Å². The van der Waals surface area contributed by atoms with Crippen molar-refractivity contribution in [2.45, 2.75) is 62.3 Å². The van der Waals surface area contributed by atoms with Crippen molar-refractivity contribution in [1.29, 1.82) is 0 Å². The summed E-state index contributed by atoms with van der Waals surface area (Å²) in [5.74, 6) is 0.670. The molecule has 0 spiro atoms. The maximum Gasteiger partial charge on any atom is 0.245 e. The maximum absolute atomic E-state index is 13.2. The number of amides is 1. The number of aliphatic hydroxyl groups excluding tert-OH is 2. The number of nitrogens with one attached hydrogen (secondary N) is 2. The highest BCUT2D eigenvalue weighted by Gasteiger charge is 2.42. The molecule has 1 saturated carbocycles. The Kier molecular flexibility index (Phi) is 6.57. The van der Waals surface area contributed by atoms with Crippen LogP contribution in [0.5, 0.6) is 5.75 Å². The summed E-state index contributed by atoms with van der Waals surface area (Å²) >= 11 is 0. The van der Waals surface area contributed by atoms with E-state index in [1.165, 1.54) is 0 Å². The number of ether oxygens (including phenoxy) is 2. The summed E-state index contributed by atoms with van der Waals surface area (Å²) in [4.78, 5) is 13.2. The Labute approximate surface area is 160 Å². The van der Waals surface area contributed by atoms with E-state index in [2.05, 4.69) is 10.6 Å². The lowest BCUT2D eigenvalue weighted by Gasteiger charge is -2.41. The summed E-state index contributed by atoms with van der Waals surface area (Å²) in [6, 6.07) is 7.14. The summed E-state index contributed by atoms with van der Waals surface area (Å²) in [6.07, 6.45) is 3.53. The minimum Gasteiger partial charge on any atom is -0.497 e. The molecule has 1 amide bonds. The van der Waals surface area contributed by atoms with Crippen LogP contribution in [-0.4, -0.2) is 60.2 Å². The van der Waals surface area contributed by atoms with Crippen molar-refractivity contribution in [2.75, 3.05) is 25.6 Å². The van der Waals surface area contributed by atoms with Gasteiger partial charge < -0.3 is 30.3 Å². The maximum atomic E-state index is 13.2. The molecule has 1 aromatic carbocycles. The molecule has 0 bridgehead atoms. The van der Waals surface area contributed by atoms with Crippen molar-refractivity contribution in [2.24, 2.45) is 0 Å². The highest BCUT2D eigenvalue weighted by molar-refractivity contribution is 5.90. The van der Waals surface area contributed by atoms with Gasteiger partial charge in [0.1, 0.15) is 23.5 Å². The minimum atomic E-state index is -0.908. The van der Waals surface area contributed by atoms with Crippen LogP contribution < -0.4 is 15.4 Å². The van der Waals surface area contributed by atoms with Gasteiger partial charge in [-0.05, 0) is 43.5 Å². The van der Waals surface area contributed by atoms with Crippen LogP contribution in [0, 0.1) is 0 Å². The molecule has 0 aromatic heterocycles. The third-order valence-electron chi connectivity index (χ3n) is 5.67. The Bertz CT molecular complexity index is 615. The third-order valence-corrected chi connectivity index (χ3v) is 5.67. The van der Waals surface area contributed by atoms with Crippen LogP contribution in [0.4, 0.5) is 5.69 Å². The Balaban J connectivity index is 1.73. The van der Waals surface area contributed by atoms with Crippen LogP contribution in [0.2, 0.25) is 0 Å². The molecule has 1 saturated heterocycles. The third kappa shape index (κ3) is 4.54. The van der Waals surface area contributed by atoms with Crippen molar-refractivity contribution in [1.82, 2.24) is 5.32 Å². The van der Waals surface area contributed by atoms with Gasteiger partial charge in [0.25, 0.3) is 0 Å². The van der Waals surface area contributed by atoms with Crippen LogP contribution >= 0.6 is 0 Å². The van der Waals surface area contributed by atoms with Gasteiger partial charge in [-0.15, -0.1) is 0 Å². The monoisotopic (exact) mass is 378 g/mol. The Morgan fingerprint density at radius 1 is 1.26 bits per heavy atom. The SMILES string of the molecule is COc1ccc(NC2(C(=O)N[C@H]3CCO[C@H](CO)[C@H]3O)CCCCC2)cc1. The summed E-state index contributed by atoms with van der Waals surface area (Å²) in [5, 5.41) is 26.2. The predicted molar refractivity (Wildman–Crippen MR) is 102 cm³/mol. The van der Waals surface area contributed by atoms with Crippen LogP contribution in [-0.2, 0) is 9.53 Å². The van der Waals surface area contributed by atoms with Gasteiger partial charge in [0.2, 0.25) is 5.91 Å². The van der Waals surface area contributed by atoms with Crippen LogP contribution in [0.1, 0.15) is 38.5 Å². The number of hydrogen-bond acceptors (Lipinski definition) is 6. The zero-order valence-corrected chi connectivity index (χ0v) is 15.8. The van der Waals surface area contributed by atoms with E-state index in [1.807, 2.05) is 24.3 Å². The molecule has 2 fully saturated rings. The molecule has 27 heavy (non-hydrogen) atoms. The number of methoxy groups -OCH3 is 1. The van der Waals surface area contributed by atoms with Gasteiger partial charge in [0.05, 0.1) is 19.8 Å². The average molecular weight is 378 g/mol. The number of carbonyl (C=O) groups is 1. The zero-order chi connectivity index (χ0) is 19.3. The van der Waals surface area contributed by atoms with Crippen molar-refractivity contribution < 1.29 is 24.5 Å². The molecule has 3 rings (SSSR count). The molecule has 4 N–H and O–H groups in total. The lowest BCUT2D eigenvalue weighted by Crippen LogP contribution is -2.61. The van der Waals surface area contributed by atoms with E-state index in [0.717, 1.165) is 43.5 Å². The highest BCUT2D eigenvalue weighted by atomic mass is 16.5. The molecule has 1 aliphatic carbocycles. The largest absolute Gasteiger partial charge is 0.497 e. The fraction of sp³-hybridized carbons (Fsp3) is 0.650. The molecule has 2 aliphatic rings. The zero-order valence-electron chi connectivity index (χ0n) is 15.8. The van der Waals surface area contributed by atoms with Crippen molar-refractivity contribution in [3.05, 3.63) is 24.3 Å². The fourth-order valence-electron chi connectivity index (χ4n) is 4.01. The molecule has 1 heterocycles. The summed E-state index contributed by atoms with van der Waals surface area (Å²) < 4.78 is 10.6. The van der Waals surface area contributed by atoms with Crippen molar-refractivity contribution >= 4 is 11.6 Å². The number of carbonyl (C=O) groups excluding carboxylic acids is 1. The molecule has 3 atom stereocenters. The van der Waals surface area contributed by atoms with Crippen LogP contribution in [0.15, 0.2) is 24.3 Å². The Morgan fingerprint density at radius 2 is 1.96 bits per heavy atom. The van der Waals surface area contributed by atoms with E-state index >= 15 is 0 Å². The molecular weight excluding hydrogens is 348 g/mol. The van der Waals surface area contributed by atoms with Gasteiger partial charge in [-0.2, -0.15) is 0 Å². The van der Waals surface area contributed by atoms with E-state index in [0.29, 0.717) is 13.0 Å². The summed E-state index contributed by atoms with van der Waals surface area (Å²) in [6.45, 7) is 0.148. The Hall–Kier alpha value is -1.83. The van der Waals surface area contributed by atoms with E-state index in [1.54, 1.807) is 7.11 Å². The van der Waals surface area contributed by atoms with Gasteiger partial charge in [-0.25, -0.2) is 0 Å². The van der Waals surface area contributed by atoms with Crippen LogP contribution in [0.3, 0.4) is 0 Å². The quantitative estimate of drug-likeness (QED) is 0.598. The first-order valence-corrected chi connectivity index (χ1v) is 9.72. The number of rotatable bonds is 6. The Morgan fingerprint density at radius 3 is 2.59 bits per heavy atom. The first-order chi connectivity index (χ1) is 13.1. The number of anilines is 1. The molecule has 7 nitrogen and oxygen atoms in total. The van der Waals surface area contributed by atoms with Gasteiger partial charge in [0, 0.05) is 12.3 Å². The lowest BCUT2D eigenvalue weighted by atomic mass is 9.80. The minimum absolute atomic E-state index is 0.0966. The molecule has 1 aromatic rings. The van der Waals surface area contributed by atoms with E-state index in [9.17, 15) is 15.0 Å². The summed E-state index contributed by atoms with van der Waals surface area (Å²) in [7, 11) is 1.62. The second-order valence-electron chi connectivity index (χ2n) is 7.45. The topological polar surface area (TPSA) is 100 Å². The molecule has 1 aliphatic heterocycles. The first kappa shape index (κ1) is 19.9. The second kappa shape index (κ2) is 8.91. The molecular formula is C20H30N2O5. The molecule has 0 unspecified atom stereocenters. The lowest BCUT2D eigenvalue weighted by molar-refractivity contribution is -0.136. The highest BCUT2D eigenvalue weighted by Crippen LogP contribution is 2.33. The summed E-state index contributed by atoms with van der Waals surface area (Å²) in [5.41, 5.74) is 0.174. The predicted octanol–water partition coefficient (Wildman–Crippen LogP) is 1.44. The van der Waals surface area contributed by atoms with E-state index in [-0.39, 0.29) is 12.5 Å². The normalized spacial score (nSPS) is 27.6. The van der Waals surface area contributed by atoms with E-state index < -0.39 is 23.8 Å². The molecule has 0 radical (unpaired) electrons. The fourth-order valence-corrected chi connectivity index (χ4v) is 4.01. The van der Waals surface area contributed by atoms with Crippen molar-refractivity contribution in [3.8, 4) is 5.75 Å². The number of aliphatic hydroxyl groups is 2. The second-order valence-corrected chi connectivity index (χ2v) is 7.45. The van der Waals surface area contributed by atoms with Crippen LogP contribution in [0.25, 0.3) is 0 Å². The number of benzene rings is 1. The molecule has 150 valence electrons.